The molecule has 7 heavy (non-hydrogen) atoms. The SMILES string of the molecule is C=C1CCC[PH]1=O. The summed E-state index contributed by atoms with van der Waals surface area (Å²) in [5.74, 6) is 0. The van der Waals surface area contributed by atoms with Gasteiger partial charge in [0.25, 0.3) is 0 Å². The van der Waals surface area contributed by atoms with Crippen LogP contribution in [0.2, 0.25) is 0 Å². The summed E-state index contributed by atoms with van der Waals surface area (Å²) in [4.78, 5) is 0. The Bertz CT molecular complexity index is 103. The van der Waals surface area contributed by atoms with E-state index in [2.05, 4.69) is 6.58 Å². The van der Waals surface area contributed by atoms with Crippen LogP contribution in [0, 0.1) is 0 Å². The van der Waals surface area contributed by atoms with E-state index in [4.69, 9.17) is 0 Å². The van der Waals surface area contributed by atoms with E-state index in [0.29, 0.717) is 0 Å². The molecule has 0 aromatic carbocycles. The van der Waals surface area contributed by atoms with Gasteiger partial charge in [0.2, 0.25) is 0 Å². The molecular weight excluding hydrogens is 107 g/mol. The number of rotatable bonds is 0. The summed E-state index contributed by atoms with van der Waals surface area (Å²) in [5.41, 5.74) is 0. The molecule has 1 rings (SSSR count). The van der Waals surface area contributed by atoms with Crippen molar-refractivity contribution in [2.45, 2.75) is 12.8 Å². The topological polar surface area (TPSA) is 17.1 Å². The monoisotopic (exact) mass is 116 g/mol. The summed E-state index contributed by atoms with van der Waals surface area (Å²) in [5, 5.41) is 1.00. The van der Waals surface area contributed by atoms with Crippen molar-refractivity contribution in [2.75, 3.05) is 6.16 Å². The molecule has 0 aromatic rings. The van der Waals surface area contributed by atoms with Crippen LogP contribution >= 0.6 is 7.80 Å². The zero-order valence-electron chi connectivity index (χ0n) is 4.24. The third-order valence-corrected chi connectivity index (χ3v) is 3.12. The molecule has 0 saturated carbocycles. The highest BCUT2D eigenvalue weighted by Gasteiger charge is 2.11. The Hall–Kier alpha value is -0.0300. The van der Waals surface area contributed by atoms with Crippen LogP contribution in [0.4, 0.5) is 0 Å². The summed E-state index contributed by atoms with van der Waals surface area (Å²) >= 11 is 0. The molecule has 40 valence electrons. The van der Waals surface area contributed by atoms with Crippen molar-refractivity contribution < 1.29 is 4.57 Å². The second kappa shape index (κ2) is 1.83. The first kappa shape index (κ1) is 5.11. The quantitative estimate of drug-likeness (QED) is 0.441. The van der Waals surface area contributed by atoms with Crippen LogP contribution in [0.15, 0.2) is 11.9 Å². The van der Waals surface area contributed by atoms with Gasteiger partial charge in [-0.2, -0.15) is 0 Å². The predicted octanol–water partition coefficient (Wildman–Crippen LogP) is 1.85. The average molecular weight is 116 g/mol. The van der Waals surface area contributed by atoms with Crippen molar-refractivity contribution in [2.24, 2.45) is 0 Å². The third-order valence-electron chi connectivity index (χ3n) is 1.28. The van der Waals surface area contributed by atoms with Gasteiger partial charge >= 0.3 is 0 Å². The van der Waals surface area contributed by atoms with Crippen LogP contribution in [0.3, 0.4) is 0 Å². The number of hydrogen-bond acceptors (Lipinski definition) is 1. The van der Waals surface area contributed by atoms with E-state index >= 15 is 0 Å². The first-order valence-electron chi connectivity index (χ1n) is 2.51. The van der Waals surface area contributed by atoms with Gasteiger partial charge in [0, 0.05) is 6.16 Å². The van der Waals surface area contributed by atoms with Gasteiger partial charge in [-0.25, -0.2) is 0 Å². The van der Waals surface area contributed by atoms with Crippen LogP contribution < -0.4 is 0 Å². The molecule has 1 heterocycles. The Morgan fingerprint density at radius 3 is 2.57 bits per heavy atom. The molecule has 0 aromatic heterocycles. The van der Waals surface area contributed by atoms with Gasteiger partial charge in [-0.3, -0.25) is 0 Å². The molecule has 0 radical (unpaired) electrons. The fourth-order valence-corrected chi connectivity index (χ4v) is 2.09. The van der Waals surface area contributed by atoms with Gasteiger partial charge in [0.1, 0.15) is 0 Å². The van der Waals surface area contributed by atoms with Crippen molar-refractivity contribution in [1.29, 1.82) is 0 Å². The molecule has 1 aliphatic heterocycles. The normalized spacial score (nSPS) is 31.4. The molecule has 0 spiro atoms. The van der Waals surface area contributed by atoms with Crippen LogP contribution in [0.5, 0.6) is 0 Å². The van der Waals surface area contributed by atoms with Crippen LogP contribution in [0.25, 0.3) is 0 Å². The molecular formula is C5H9OP. The molecule has 1 aliphatic rings. The molecule has 1 nitrogen and oxygen atoms in total. The Kier molecular flexibility index (Phi) is 1.34. The summed E-state index contributed by atoms with van der Waals surface area (Å²) in [7, 11) is -1.28. The Labute approximate surface area is 44.2 Å². The molecule has 1 saturated heterocycles. The fourth-order valence-electron chi connectivity index (χ4n) is 0.779. The van der Waals surface area contributed by atoms with Crippen molar-refractivity contribution >= 4 is 7.80 Å². The summed E-state index contributed by atoms with van der Waals surface area (Å²) in [6.45, 7) is 3.67. The van der Waals surface area contributed by atoms with E-state index in [1.807, 2.05) is 0 Å². The molecule has 0 bridgehead atoms. The molecule has 1 unspecified atom stereocenters. The first-order chi connectivity index (χ1) is 3.30. The predicted molar refractivity (Wildman–Crippen MR) is 32.2 cm³/mol. The lowest BCUT2D eigenvalue weighted by molar-refractivity contribution is 0.593. The van der Waals surface area contributed by atoms with Crippen molar-refractivity contribution in [3.05, 3.63) is 11.9 Å². The molecule has 1 fully saturated rings. The van der Waals surface area contributed by atoms with E-state index in [-0.39, 0.29) is 0 Å². The number of hydrogen-bond donors (Lipinski definition) is 0. The highest BCUT2D eigenvalue weighted by molar-refractivity contribution is 7.49. The zero-order chi connectivity index (χ0) is 5.28. The standard InChI is InChI=1S/C5H9OP/c1-5-3-2-4-7(5)6/h7H,1-4H2. The fraction of sp³-hybridized carbons (Fsp3) is 0.600. The Morgan fingerprint density at radius 2 is 2.43 bits per heavy atom. The van der Waals surface area contributed by atoms with E-state index in [1.54, 1.807) is 0 Å². The largest absolute Gasteiger partial charge is 0.322 e. The zero-order valence-corrected chi connectivity index (χ0v) is 5.24. The highest BCUT2D eigenvalue weighted by atomic mass is 31.1. The maximum Gasteiger partial charge on any atom is 0.0993 e. The van der Waals surface area contributed by atoms with Crippen LogP contribution in [0.1, 0.15) is 12.8 Å². The summed E-state index contributed by atoms with van der Waals surface area (Å²) in [6, 6.07) is 0. The summed E-state index contributed by atoms with van der Waals surface area (Å²) < 4.78 is 10.7. The lowest BCUT2D eigenvalue weighted by Crippen LogP contribution is -1.57. The van der Waals surface area contributed by atoms with Gasteiger partial charge < -0.3 is 4.57 Å². The molecule has 0 aliphatic carbocycles. The highest BCUT2D eigenvalue weighted by Crippen LogP contribution is 2.41. The van der Waals surface area contributed by atoms with E-state index in [0.717, 1.165) is 24.3 Å². The summed E-state index contributed by atoms with van der Waals surface area (Å²) in [6.07, 6.45) is 3.04. The van der Waals surface area contributed by atoms with Crippen molar-refractivity contribution in [1.82, 2.24) is 0 Å². The van der Waals surface area contributed by atoms with Crippen LogP contribution in [-0.4, -0.2) is 6.16 Å². The minimum atomic E-state index is -1.28. The van der Waals surface area contributed by atoms with Crippen LogP contribution in [-0.2, 0) is 4.57 Å². The second-order valence-electron chi connectivity index (χ2n) is 1.88. The third kappa shape index (κ3) is 0.947. The maximum absolute atomic E-state index is 10.7. The number of allylic oxidation sites excluding steroid dienone is 1. The van der Waals surface area contributed by atoms with E-state index in [1.165, 1.54) is 0 Å². The minimum absolute atomic E-state index is 0.920. The molecule has 0 amide bonds. The minimum Gasteiger partial charge on any atom is -0.322 e. The maximum atomic E-state index is 10.7. The van der Waals surface area contributed by atoms with Crippen molar-refractivity contribution in [3.63, 3.8) is 0 Å². The Morgan fingerprint density at radius 1 is 1.71 bits per heavy atom. The smallest absolute Gasteiger partial charge is 0.0993 e. The van der Waals surface area contributed by atoms with Gasteiger partial charge in [0.05, 0.1) is 7.80 Å². The lowest BCUT2D eigenvalue weighted by Gasteiger charge is -1.82. The molecule has 2 heteroatoms. The Balaban J connectivity index is 2.65. The van der Waals surface area contributed by atoms with Gasteiger partial charge in [-0.15, -0.1) is 0 Å². The van der Waals surface area contributed by atoms with Gasteiger partial charge in [-0.1, -0.05) is 6.58 Å². The van der Waals surface area contributed by atoms with Crippen molar-refractivity contribution in [3.8, 4) is 0 Å². The van der Waals surface area contributed by atoms with E-state index in [9.17, 15) is 4.57 Å². The lowest BCUT2D eigenvalue weighted by atomic mass is 10.3. The first-order valence-corrected chi connectivity index (χ1v) is 4.13. The average Bonchev–Trinajstić information content (AvgIpc) is 1.91. The second-order valence-corrected chi connectivity index (χ2v) is 3.93. The van der Waals surface area contributed by atoms with E-state index < -0.39 is 7.80 Å². The molecule has 0 N–H and O–H groups in total. The molecule has 1 atom stereocenters. The van der Waals surface area contributed by atoms with Gasteiger partial charge in [0.15, 0.2) is 0 Å². The van der Waals surface area contributed by atoms with Gasteiger partial charge in [-0.05, 0) is 18.2 Å².